The molecule has 0 aliphatic heterocycles. The fourth-order valence-corrected chi connectivity index (χ4v) is 3.33. The van der Waals surface area contributed by atoms with Crippen molar-refractivity contribution in [2.24, 2.45) is 0 Å². The summed E-state index contributed by atoms with van der Waals surface area (Å²) in [6.45, 7) is 4.75. The van der Waals surface area contributed by atoms with Crippen molar-refractivity contribution >= 4 is 0 Å². The smallest absolute Gasteiger partial charge is 0.0681 e. The van der Waals surface area contributed by atoms with Gasteiger partial charge < -0.3 is 5.11 Å². The van der Waals surface area contributed by atoms with Gasteiger partial charge in [-0.15, -0.1) is 0 Å². The van der Waals surface area contributed by atoms with Crippen LogP contribution in [0.2, 0.25) is 0 Å². The summed E-state index contributed by atoms with van der Waals surface area (Å²) in [5.41, 5.74) is 5.42. The third-order valence-corrected chi connectivity index (χ3v) is 4.32. The van der Waals surface area contributed by atoms with Gasteiger partial charge in [0.05, 0.1) is 6.61 Å². The molecule has 2 aromatic rings. The zero-order valence-corrected chi connectivity index (χ0v) is 11.6. The maximum absolute atomic E-state index is 9.36. The average molecular weight is 252 g/mol. The fraction of sp³-hybridized carbons (Fsp3) is 0.333. The number of benzene rings is 2. The van der Waals surface area contributed by atoms with E-state index >= 15 is 0 Å². The van der Waals surface area contributed by atoms with E-state index in [0.717, 1.165) is 12.0 Å². The molecular formula is C18H20O. The van der Waals surface area contributed by atoms with Gasteiger partial charge in [-0.1, -0.05) is 62.4 Å². The Balaban J connectivity index is 2.12. The zero-order chi connectivity index (χ0) is 13.5. The van der Waals surface area contributed by atoms with E-state index < -0.39 is 0 Å². The quantitative estimate of drug-likeness (QED) is 0.856. The third kappa shape index (κ3) is 2.08. The molecule has 1 N–H and O–H groups in total. The minimum absolute atomic E-state index is 0.120. The van der Waals surface area contributed by atoms with Gasteiger partial charge in [-0.05, 0) is 34.1 Å². The molecule has 1 heteroatoms. The highest BCUT2D eigenvalue weighted by Gasteiger charge is 2.37. The summed E-state index contributed by atoms with van der Waals surface area (Å²) >= 11 is 0. The van der Waals surface area contributed by atoms with E-state index in [2.05, 4.69) is 56.3 Å². The van der Waals surface area contributed by atoms with Gasteiger partial charge in [0.15, 0.2) is 0 Å². The number of rotatable bonds is 2. The Kier molecular flexibility index (Phi) is 2.94. The Bertz CT molecular complexity index is 584. The van der Waals surface area contributed by atoms with E-state index in [4.69, 9.17) is 0 Å². The Labute approximate surface area is 114 Å². The topological polar surface area (TPSA) is 20.2 Å². The molecule has 0 saturated heterocycles. The molecule has 1 aliphatic rings. The van der Waals surface area contributed by atoms with Gasteiger partial charge in [-0.2, -0.15) is 0 Å². The summed E-state index contributed by atoms with van der Waals surface area (Å²) in [6.07, 6.45) is 1.14. The fourth-order valence-electron chi connectivity index (χ4n) is 3.33. The molecule has 3 rings (SSSR count). The van der Waals surface area contributed by atoms with E-state index in [1.807, 2.05) is 6.07 Å². The first-order valence-electron chi connectivity index (χ1n) is 6.91. The largest absolute Gasteiger partial charge is 0.392 e. The van der Waals surface area contributed by atoms with Crippen molar-refractivity contribution in [1.82, 2.24) is 0 Å². The van der Waals surface area contributed by atoms with Crippen LogP contribution in [0.25, 0.3) is 0 Å². The van der Waals surface area contributed by atoms with E-state index in [-0.39, 0.29) is 12.0 Å². The second-order valence-corrected chi connectivity index (χ2v) is 6.13. The minimum Gasteiger partial charge on any atom is -0.392 e. The van der Waals surface area contributed by atoms with Crippen LogP contribution in [-0.4, -0.2) is 5.11 Å². The lowest BCUT2D eigenvalue weighted by Crippen LogP contribution is -2.12. The maximum atomic E-state index is 9.36. The molecule has 19 heavy (non-hydrogen) atoms. The molecule has 2 aromatic carbocycles. The van der Waals surface area contributed by atoms with Crippen LogP contribution in [0.4, 0.5) is 0 Å². The van der Waals surface area contributed by atoms with Crippen LogP contribution in [0.15, 0.2) is 48.5 Å². The predicted molar refractivity (Wildman–Crippen MR) is 78.3 cm³/mol. The normalized spacial score (nSPS) is 20.3. The minimum atomic E-state index is 0.120. The van der Waals surface area contributed by atoms with E-state index in [1.165, 1.54) is 16.7 Å². The lowest BCUT2D eigenvalue weighted by molar-refractivity contribution is 0.281. The summed E-state index contributed by atoms with van der Waals surface area (Å²) in [5.74, 6) is 0.456. The standard InChI is InChI=1S/C18H20O/c1-18(2)11-16(14-6-4-3-5-7-14)15-10-13(12-19)8-9-17(15)18/h3-10,16,19H,11-12H2,1-2H3/t16-/m1/s1. The summed E-state index contributed by atoms with van der Waals surface area (Å²) in [6, 6.07) is 17.1. The van der Waals surface area contributed by atoms with Crippen molar-refractivity contribution < 1.29 is 5.11 Å². The first-order chi connectivity index (χ1) is 9.12. The van der Waals surface area contributed by atoms with Crippen molar-refractivity contribution in [3.8, 4) is 0 Å². The summed E-state index contributed by atoms with van der Waals surface area (Å²) in [7, 11) is 0. The van der Waals surface area contributed by atoms with Gasteiger partial charge in [-0.25, -0.2) is 0 Å². The van der Waals surface area contributed by atoms with Crippen molar-refractivity contribution in [3.05, 3.63) is 70.8 Å². The van der Waals surface area contributed by atoms with Crippen LogP contribution in [0.5, 0.6) is 0 Å². The first kappa shape index (κ1) is 12.4. The number of hydrogen-bond acceptors (Lipinski definition) is 1. The molecule has 0 aromatic heterocycles. The molecule has 0 spiro atoms. The average Bonchev–Trinajstić information content (AvgIpc) is 2.71. The van der Waals surface area contributed by atoms with E-state index in [0.29, 0.717) is 5.92 Å². The summed E-state index contributed by atoms with van der Waals surface area (Å²) in [5, 5.41) is 9.36. The molecule has 1 atom stereocenters. The number of aliphatic hydroxyl groups excluding tert-OH is 1. The molecule has 0 saturated carbocycles. The van der Waals surface area contributed by atoms with Crippen molar-refractivity contribution in [2.45, 2.75) is 38.2 Å². The predicted octanol–water partition coefficient (Wildman–Crippen LogP) is 3.99. The molecule has 1 aliphatic carbocycles. The van der Waals surface area contributed by atoms with Crippen LogP contribution in [0.3, 0.4) is 0 Å². The van der Waals surface area contributed by atoms with Crippen LogP contribution in [0, 0.1) is 0 Å². The van der Waals surface area contributed by atoms with Crippen molar-refractivity contribution in [1.29, 1.82) is 0 Å². The van der Waals surface area contributed by atoms with Gasteiger partial charge >= 0.3 is 0 Å². The molecular weight excluding hydrogens is 232 g/mol. The molecule has 0 fully saturated rings. The lowest BCUT2D eigenvalue weighted by Gasteiger charge is -2.19. The Morgan fingerprint density at radius 1 is 1.11 bits per heavy atom. The number of hydrogen-bond donors (Lipinski definition) is 1. The van der Waals surface area contributed by atoms with Gasteiger partial charge in [-0.3, -0.25) is 0 Å². The van der Waals surface area contributed by atoms with Crippen molar-refractivity contribution in [2.75, 3.05) is 0 Å². The number of aliphatic hydroxyl groups is 1. The van der Waals surface area contributed by atoms with E-state index in [9.17, 15) is 5.11 Å². The van der Waals surface area contributed by atoms with Gasteiger partial charge in [0.2, 0.25) is 0 Å². The molecule has 0 amide bonds. The second-order valence-electron chi connectivity index (χ2n) is 6.13. The molecule has 0 bridgehead atoms. The molecule has 98 valence electrons. The SMILES string of the molecule is CC1(C)C[C@H](c2ccccc2)c2cc(CO)ccc21. The van der Waals surface area contributed by atoms with Gasteiger partial charge in [0.25, 0.3) is 0 Å². The van der Waals surface area contributed by atoms with Crippen LogP contribution >= 0.6 is 0 Å². The number of fused-ring (bicyclic) bond motifs is 1. The Morgan fingerprint density at radius 2 is 1.84 bits per heavy atom. The highest BCUT2D eigenvalue weighted by Crippen LogP contribution is 2.48. The Hall–Kier alpha value is -1.60. The van der Waals surface area contributed by atoms with Gasteiger partial charge in [0.1, 0.15) is 0 Å². The molecule has 1 nitrogen and oxygen atoms in total. The first-order valence-corrected chi connectivity index (χ1v) is 6.91. The molecule has 0 heterocycles. The Morgan fingerprint density at radius 3 is 2.53 bits per heavy atom. The highest BCUT2D eigenvalue weighted by molar-refractivity contribution is 5.48. The van der Waals surface area contributed by atoms with Crippen LogP contribution < -0.4 is 0 Å². The summed E-state index contributed by atoms with van der Waals surface area (Å²) < 4.78 is 0. The van der Waals surface area contributed by atoms with Crippen LogP contribution in [0.1, 0.15) is 48.4 Å². The zero-order valence-electron chi connectivity index (χ0n) is 11.6. The molecule has 0 radical (unpaired) electrons. The second kappa shape index (κ2) is 4.50. The lowest BCUT2D eigenvalue weighted by atomic mass is 9.85. The third-order valence-electron chi connectivity index (χ3n) is 4.32. The van der Waals surface area contributed by atoms with E-state index in [1.54, 1.807) is 0 Å². The summed E-state index contributed by atoms with van der Waals surface area (Å²) in [4.78, 5) is 0. The highest BCUT2D eigenvalue weighted by atomic mass is 16.3. The van der Waals surface area contributed by atoms with Gasteiger partial charge in [0, 0.05) is 5.92 Å². The maximum Gasteiger partial charge on any atom is 0.0681 e. The van der Waals surface area contributed by atoms with Crippen LogP contribution in [-0.2, 0) is 12.0 Å². The van der Waals surface area contributed by atoms with Crippen molar-refractivity contribution in [3.63, 3.8) is 0 Å². The molecule has 0 unspecified atom stereocenters. The monoisotopic (exact) mass is 252 g/mol.